The number of nitro benzene ring substituents is 1. The Bertz CT molecular complexity index is 1160. The fraction of sp³-hybridized carbons (Fsp3) is 0.250. The first-order valence-electron chi connectivity index (χ1n) is 9.83. The number of nitrogens with zero attached hydrogens (tertiary/aromatic N) is 3. The zero-order valence-corrected chi connectivity index (χ0v) is 17.5. The summed E-state index contributed by atoms with van der Waals surface area (Å²) in [5.74, 6) is 0.00616. The number of non-ortho nitro benzene ring substituents is 1. The third-order valence-corrected chi connectivity index (χ3v) is 6.32. The minimum atomic E-state index is -0.609. The van der Waals surface area contributed by atoms with E-state index in [9.17, 15) is 15.2 Å². The highest BCUT2D eigenvalue weighted by atomic mass is 16.6. The molecule has 6 heteroatoms. The van der Waals surface area contributed by atoms with E-state index in [1.807, 2.05) is 18.2 Å². The summed E-state index contributed by atoms with van der Waals surface area (Å²) in [5.41, 5.74) is 2.90. The minimum Gasteiger partial charge on any atom is -0.507 e. The molecule has 30 heavy (non-hydrogen) atoms. The number of nitro groups is 1. The first-order valence-corrected chi connectivity index (χ1v) is 9.83. The van der Waals surface area contributed by atoms with Crippen molar-refractivity contribution < 1.29 is 10.0 Å². The van der Waals surface area contributed by atoms with E-state index in [1.165, 1.54) is 23.8 Å². The monoisotopic (exact) mass is 403 g/mol. The number of hydrogen-bond acceptors (Lipinski definition) is 4. The van der Waals surface area contributed by atoms with Gasteiger partial charge in [-0.05, 0) is 42.3 Å². The van der Waals surface area contributed by atoms with Crippen LogP contribution in [0.3, 0.4) is 0 Å². The molecule has 0 saturated heterocycles. The lowest BCUT2D eigenvalue weighted by molar-refractivity contribution is -0.384. The second-order valence-electron chi connectivity index (χ2n) is 8.36. The van der Waals surface area contributed by atoms with E-state index in [2.05, 4.69) is 67.9 Å². The van der Waals surface area contributed by atoms with Crippen molar-refractivity contribution in [2.75, 3.05) is 11.9 Å². The van der Waals surface area contributed by atoms with Gasteiger partial charge in [0.25, 0.3) is 5.69 Å². The molecule has 0 amide bonds. The number of phenolic OH excluding ortho intramolecular Hbond substituents is 1. The average molecular weight is 403 g/mol. The summed E-state index contributed by atoms with van der Waals surface area (Å²) < 4.78 is 2.17. The fourth-order valence-electron chi connectivity index (χ4n) is 4.71. The lowest BCUT2D eigenvalue weighted by atomic mass is 9.75. The van der Waals surface area contributed by atoms with Crippen LogP contribution in [0, 0.1) is 17.0 Å². The fourth-order valence-corrected chi connectivity index (χ4v) is 4.71. The van der Waals surface area contributed by atoms with Crippen LogP contribution in [0.4, 0.5) is 11.4 Å². The van der Waals surface area contributed by atoms with E-state index >= 15 is 0 Å². The van der Waals surface area contributed by atoms with Crippen LogP contribution in [0.2, 0.25) is 0 Å². The van der Waals surface area contributed by atoms with Crippen LogP contribution in [0.5, 0.6) is 5.75 Å². The predicted octanol–water partition coefficient (Wildman–Crippen LogP) is 5.20. The summed E-state index contributed by atoms with van der Waals surface area (Å²) >= 11 is 0. The Hall–Kier alpha value is -3.54. The van der Waals surface area contributed by atoms with E-state index in [0.717, 1.165) is 11.3 Å². The highest BCUT2D eigenvalue weighted by molar-refractivity contribution is 5.69. The molecule has 0 radical (unpaired) electrons. The molecule has 1 unspecified atom stereocenters. The Kier molecular flexibility index (Phi) is 4.45. The standard InChI is InChI=1S/C24H25N3O3/c1-17-12-14-26(16-17)24(13-11-18-15-19(27(29)30)9-10-22(18)28)23(2,3)20-7-5-6-8-21(20)25(24)4/h5-16,28H,1-4H3/b13-11+. The Labute approximate surface area is 175 Å². The highest BCUT2D eigenvalue weighted by Gasteiger charge is 2.55. The number of para-hydroxylation sites is 1. The molecule has 1 aliphatic rings. The summed E-state index contributed by atoms with van der Waals surface area (Å²) in [6.45, 7) is 6.44. The van der Waals surface area contributed by atoms with Gasteiger partial charge in [0, 0.05) is 48.2 Å². The summed E-state index contributed by atoms with van der Waals surface area (Å²) in [6, 6.07) is 14.4. The zero-order chi connectivity index (χ0) is 21.7. The number of fused-ring (bicyclic) bond motifs is 1. The van der Waals surface area contributed by atoms with Crippen molar-refractivity contribution >= 4 is 17.5 Å². The van der Waals surface area contributed by atoms with Crippen molar-refractivity contribution in [2.45, 2.75) is 31.8 Å². The number of aromatic hydroxyl groups is 1. The molecule has 1 atom stereocenters. The van der Waals surface area contributed by atoms with Gasteiger partial charge in [-0.2, -0.15) is 0 Å². The molecule has 2 aromatic carbocycles. The topological polar surface area (TPSA) is 71.5 Å². The van der Waals surface area contributed by atoms with Crippen LogP contribution < -0.4 is 4.90 Å². The number of phenols is 1. The maximum absolute atomic E-state index is 11.2. The van der Waals surface area contributed by atoms with Gasteiger partial charge in [-0.1, -0.05) is 38.1 Å². The molecule has 3 aromatic rings. The second kappa shape index (κ2) is 6.76. The van der Waals surface area contributed by atoms with E-state index in [4.69, 9.17) is 0 Å². The van der Waals surface area contributed by atoms with Crippen molar-refractivity contribution in [1.29, 1.82) is 0 Å². The molecule has 154 valence electrons. The van der Waals surface area contributed by atoms with Gasteiger partial charge in [-0.15, -0.1) is 0 Å². The molecule has 1 N–H and O–H groups in total. The normalized spacial score (nSPS) is 19.9. The Morgan fingerprint density at radius 2 is 1.87 bits per heavy atom. The van der Waals surface area contributed by atoms with Gasteiger partial charge in [0.05, 0.1) is 4.92 Å². The third-order valence-electron chi connectivity index (χ3n) is 6.32. The summed E-state index contributed by atoms with van der Waals surface area (Å²) in [6.07, 6.45) is 7.96. The number of aromatic nitrogens is 1. The molecule has 0 bridgehead atoms. The van der Waals surface area contributed by atoms with Crippen LogP contribution in [-0.4, -0.2) is 21.6 Å². The number of rotatable bonds is 4. The first-order chi connectivity index (χ1) is 14.2. The molecular formula is C24H25N3O3. The summed E-state index contributed by atoms with van der Waals surface area (Å²) in [5, 5.41) is 21.5. The number of benzene rings is 2. The molecule has 0 spiro atoms. The van der Waals surface area contributed by atoms with Gasteiger partial charge in [0.15, 0.2) is 0 Å². The smallest absolute Gasteiger partial charge is 0.270 e. The molecular weight excluding hydrogens is 378 g/mol. The Morgan fingerprint density at radius 1 is 1.13 bits per heavy atom. The Morgan fingerprint density at radius 3 is 2.50 bits per heavy atom. The van der Waals surface area contributed by atoms with Crippen LogP contribution in [0.1, 0.15) is 30.5 Å². The quantitative estimate of drug-likeness (QED) is 0.480. The first kappa shape index (κ1) is 19.8. The summed E-state index contributed by atoms with van der Waals surface area (Å²) in [7, 11) is 2.06. The Balaban J connectivity index is 1.93. The van der Waals surface area contributed by atoms with Crippen LogP contribution in [0.15, 0.2) is 67.0 Å². The lowest BCUT2D eigenvalue weighted by Crippen LogP contribution is -2.54. The van der Waals surface area contributed by atoms with E-state index in [-0.39, 0.29) is 16.9 Å². The van der Waals surface area contributed by atoms with Gasteiger partial charge in [0.1, 0.15) is 11.4 Å². The molecule has 0 fully saturated rings. The molecule has 2 heterocycles. The lowest BCUT2D eigenvalue weighted by Gasteiger charge is -2.46. The largest absolute Gasteiger partial charge is 0.507 e. The van der Waals surface area contributed by atoms with Crippen molar-refractivity contribution in [3.63, 3.8) is 0 Å². The van der Waals surface area contributed by atoms with Gasteiger partial charge in [-0.25, -0.2) is 0 Å². The van der Waals surface area contributed by atoms with Gasteiger partial charge in [-0.3, -0.25) is 10.1 Å². The van der Waals surface area contributed by atoms with Crippen LogP contribution in [0.25, 0.3) is 6.08 Å². The SMILES string of the molecule is Cc1ccn(C2(/C=C/c3cc([N+](=O)[O-])ccc3O)N(C)c3ccccc3C2(C)C)c1. The third kappa shape index (κ3) is 2.71. The number of anilines is 1. The van der Waals surface area contributed by atoms with E-state index in [1.54, 1.807) is 6.08 Å². The van der Waals surface area contributed by atoms with Gasteiger partial charge < -0.3 is 14.6 Å². The highest BCUT2D eigenvalue weighted by Crippen LogP contribution is 2.54. The molecule has 1 aromatic heterocycles. The van der Waals surface area contributed by atoms with Gasteiger partial charge >= 0.3 is 0 Å². The van der Waals surface area contributed by atoms with Gasteiger partial charge in [0.2, 0.25) is 0 Å². The predicted molar refractivity (Wildman–Crippen MR) is 119 cm³/mol. The molecule has 0 aliphatic carbocycles. The maximum Gasteiger partial charge on any atom is 0.270 e. The molecule has 0 saturated carbocycles. The number of hydrogen-bond donors (Lipinski definition) is 1. The number of aryl methyl sites for hydroxylation is 1. The molecule has 4 rings (SSSR count). The van der Waals surface area contributed by atoms with Crippen molar-refractivity contribution in [2.24, 2.45) is 0 Å². The minimum absolute atomic E-state index is 0.00616. The second-order valence-corrected chi connectivity index (χ2v) is 8.36. The van der Waals surface area contributed by atoms with Crippen molar-refractivity contribution in [1.82, 2.24) is 4.57 Å². The van der Waals surface area contributed by atoms with Crippen molar-refractivity contribution in [3.05, 3.63) is 93.8 Å². The zero-order valence-electron chi connectivity index (χ0n) is 17.5. The molecule has 6 nitrogen and oxygen atoms in total. The average Bonchev–Trinajstić information content (AvgIpc) is 3.21. The van der Waals surface area contributed by atoms with E-state index in [0.29, 0.717) is 5.56 Å². The van der Waals surface area contributed by atoms with E-state index < -0.39 is 10.6 Å². The van der Waals surface area contributed by atoms with Crippen molar-refractivity contribution in [3.8, 4) is 5.75 Å². The van der Waals surface area contributed by atoms with Crippen LogP contribution in [-0.2, 0) is 11.1 Å². The molecule has 1 aliphatic heterocycles. The number of likely N-dealkylation sites (N-methyl/N-ethyl adjacent to an activating group) is 1. The van der Waals surface area contributed by atoms with Crippen LogP contribution >= 0.6 is 0 Å². The maximum atomic E-state index is 11.2. The summed E-state index contributed by atoms with van der Waals surface area (Å²) in [4.78, 5) is 13.0.